The highest BCUT2D eigenvalue weighted by Gasteiger charge is 2.11. The molecule has 108 valence electrons. The maximum Gasteiger partial charge on any atom is 0.265 e. The molecule has 0 spiro atoms. The van der Waals surface area contributed by atoms with Gasteiger partial charge in [-0.15, -0.1) is 11.3 Å². The first kappa shape index (κ1) is 15.2. The molecule has 0 saturated heterocycles. The lowest BCUT2D eigenvalue weighted by atomic mass is 10.2. The van der Waals surface area contributed by atoms with Gasteiger partial charge >= 0.3 is 0 Å². The van der Waals surface area contributed by atoms with Crippen molar-refractivity contribution in [1.29, 1.82) is 0 Å². The Balaban J connectivity index is 2.21. The standard InChI is InChI=1S/C16H14FNO2S/c1-10-8-15(21-11(10)2)16(20)18-13-5-6-14(17)12(9-13)4-3-7-19/h5-6,8-9,19H,7H2,1-2H3,(H,18,20). The SMILES string of the molecule is Cc1cc(C(=O)Nc2ccc(F)c(C#CCO)c2)sc1C. The Labute approximate surface area is 126 Å². The van der Waals surface area contributed by atoms with E-state index in [9.17, 15) is 9.18 Å². The van der Waals surface area contributed by atoms with Gasteiger partial charge in [-0.25, -0.2) is 4.39 Å². The Morgan fingerprint density at radius 3 is 2.76 bits per heavy atom. The van der Waals surface area contributed by atoms with Crippen LogP contribution in [0.15, 0.2) is 24.3 Å². The smallest absolute Gasteiger partial charge is 0.265 e. The fraction of sp³-hybridized carbons (Fsp3) is 0.188. The van der Waals surface area contributed by atoms with Gasteiger partial charge in [0.05, 0.1) is 10.4 Å². The maximum absolute atomic E-state index is 13.5. The number of halogens is 1. The number of anilines is 1. The summed E-state index contributed by atoms with van der Waals surface area (Å²) in [7, 11) is 0. The van der Waals surface area contributed by atoms with Crippen molar-refractivity contribution in [3.05, 3.63) is 51.0 Å². The van der Waals surface area contributed by atoms with Gasteiger partial charge in [-0.05, 0) is 43.7 Å². The molecule has 1 heterocycles. The Morgan fingerprint density at radius 2 is 2.14 bits per heavy atom. The lowest BCUT2D eigenvalue weighted by Crippen LogP contribution is -2.10. The Kier molecular flexibility index (Phi) is 4.73. The molecule has 1 aromatic carbocycles. The number of carbonyl (C=O) groups is 1. The van der Waals surface area contributed by atoms with Crippen molar-refractivity contribution in [2.75, 3.05) is 11.9 Å². The van der Waals surface area contributed by atoms with Gasteiger partial charge in [0.25, 0.3) is 5.91 Å². The second kappa shape index (κ2) is 6.53. The number of carbonyl (C=O) groups excluding carboxylic acids is 1. The molecule has 0 radical (unpaired) electrons. The minimum Gasteiger partial charge on any atom is -0.384 e. The number of aliphatic hydroxyl groups is 1. The maximum atomic E-state index is 13.5. The van der Waals surface area contributed by atoms with E-state index < -0.39 is 5.82 Å². The molecule has 21 heavy (non-hydrogen) atoms. The highest BCUT2D eigenvalue weighted by molar-refractivity contribution is 7.14. The molecule has 1 aromatic heterocycles. The van der Waals surface area contributed by atoms with Crippen molar-refractivity contribution in [3.8, 4) is 11.8 Å². The number of thiophene rings is 1. The summed E-state index contributed by atoms with van der Waals surface area (Å²) in [5, 5.41) is 11.4. The number of hydrogen-bond acceptors (Lipinski definition) is 3. The van der Waals surface area contributed by atoms with Crippen LogP contribution in [0.1, 0.15) is 25.7 Å². The second-order valence-electron chi connectivity index (χ2n) is 4.46. The van der Waals surface area contributed by atoms with Gasteiger partial charge in [0, 0.05) is 10.6 Å². The fourth-order valence-electron chi connectivity index (χ4n) is 1.71. The topological polar surface area (TPSA) is 49.3 Å². The molecule has 0 atom stereocenters. The van der Waals surface area contributed by atoms with E-state index in [4.69, 9.17) is 5.11 Å². The highest BCUT2D eigenvalue weighted by Crippen LogP contribution is 2.22. The van der Waals surface area contributed by atoms with Gasteiger partial charge in [-0.1, -0.05) is 11.8 Å². The average Bonchev–Trinajstić information content (AvgIpc) is 2.79. The largest absolute Gasteiger partial charge is 0.384 e. The molecule has 2 N–H and O–H groups in total. The summed E-state index contributed by atoms with van der Waals surface area (Å²) in [6.07, 6.45) is 0. The van der Waals surface area contributed by atoms with E-state index in [0.29, 0.717) is 10.6 Å². The molecule has 0 saturated carbocycles. The van der Waals surface area contributed by atoms with E-state index in [1.54, 1.807) is 0 Å². The minimum atomic E-state index is -0.489. The lowest BCUT2D eigenvalue weighted by Gasteiger charge is -2.04. The molecule has 3 nitrogen and oxygen atoms in total. The van der Waals surface area contributed by atoms with Crippen LogP contribution in [0.25, 0.3) is 0 Å². The molecule has 2 aromatic rings. The third kappa shape index (κ3) is 3.69. The fourth-order valence-corrected chi connectivity index (χ4v) is 2.64. The van der Waals surface area contributed by atoms with Crippen molar-refractivity contribution in [2.45, 2.75) is 13.8 Å². The first-order chi connectivity index (χ1) is 10.0. The number of benzene rings is 1. The number of aryl methyl sites for hydroxylation is 2. The predicted molar refractivity (Wildman–Crippen MR) is 82.1 cm³/mol. The summed E-state index contributed by atoms with van der Waals surface area (Å²) in [5.41, 5.74) is 1.67. The number of nitrogens with one attached hydrogen (secondary N) is 1. The van der Waals surface area contributed by atoms with Gasteiger partial charge < -0.3 is 10.4 Å². The molecule has 0 aliphatic carbocycles. The first-order valence-corrected chi connectivity index (χ1v) is 7.10. The minimum absolute atomic E-state index is 0.139. The lowest BCUT2D eigenvalue weighted by molar-refractivity contribution is 0.103. The molecule has 0 unspecified atom stereocenters. The first-order valence-electron chi connectivity index (χ1n) is 6.29. The normalized spacial score (nSPS) is 9.90. The summed E-state index contributed by atoms with van der Waals surface area (Å²) in [6.45, 7) is 3.56. The summed E-state index contributed by atoms with van der Waals surface area (Å²) < 4.78 is 13.5. The van der Waals surface area contributed by atoms with Crippen molar-refractivity contribution >= 4 is 22.9 Å². The van der Waals surface area contributed by atoms with Crippen LogP contribution < -0.4 is 5.32 Å². The van der Waals surface area contributed by atoms with Crippen LogP contribution in [0.4, 0.5) is 10.1 Å². The molecular formula is C16H14FNO2S. The van der Waals surface area contributed by atoms with Gasteiger partial charge in [0.15, 0.2) is 0 Å². The average molecular weight is 303 g/mol. The van der Waals surface area contributed by atoms with E-state index >= 15 is 0 Å². The zero-order valence-corrected chi connectivity index (χ0v) is 12.5. The number of hydrogen-bond donors (Lipinski definition) is 2. The van der Waals surface area contributed by atoms with Crippen molar-refractivity contribution in [2.24, 2.45) is 0 Å². The van der Waals surface area contributed by atoms with E-state index in [-0.39, 0.29) is 18.1 Å². The van der Waals surface area contributed by atoms with Crippen LogP contribution >= 0.6 is 11.3 Å². The zero-order valence-electron chi connectivity index (χ0n) is 11.7. The highest BCUT2D eigenvalue weighted by atomic mass is 32.1. The molecule has 0 bridgehead atoms. The molecular weight excluding hydrogens is 289 g/mol. The molecule has 0 aliphatic heterocycles. The van der Waals surface area contributed by atoms with Crippen LogP contribution in [0, 0.1) is 31.5 Å². The third-order valence-corrected chi connectivity index (χ3v) is 4.07. The van der Waals surface area contributed by atoms with E-state index in [1.807, 2.05) is 19.9 Å². The quantitative estimate of drug-likeness (QED) is 0.838. The molecule has 5 heteroatoms. The molecule has 0 aliphatic rings. The van der Waals surface area contributed by atoms with Crippen molar-refractivity contribution < 1.29 is 14.3 Å². The van der Waals surface area contributed by atoms with Crippen LogP contribution in [-0.2, 0) is 0 Å². The second-order valence-corrected chi connectivity index (χ2v) is 5.71. The van der Waals surface area contributed by atoms with Crippen molar-refractivity contribution in [1.82, 2.24) is 0 Å². The van der Waals surface area contributed by atoms with Gasteiger partial charge in [0.1, 0.15) is 12.4 Å². The predicted octanol–water partition coefficient (Wildman–Crippen LogP) is 3.10. The summed E-state index contributed by atoms with van der Waals surface area (Å²) in [6, 6.07) is 5.99. The molecule has 1 amide bonds. The van der Waals surface area contributed by atoms with Gasteiger partial charge in [-0.3, -0.25) is 4.79 Å². The van der Waals surface area contributed by atoms with Crippen LogP contribution in [0.3, 0.4) is 0 Å². The van der Waals surface area contributed by atoms with E-state index in [2.05, 4.69) is 17.2 Å². The summed E-state index contributed by atoms with van der Waals surface area (Å²) in [5.74, 6) is 4.17. The Bertz CT molecular complexity index is 721. The number of aliphatic hydroxyl groups excluding tert-OH is 1. The van der Waals surface area contributed by atoms with Crippen LogP contribution in [0.5, 0.6) is 0 Å². The number of rotatable bonds is 2. The summed E-state index contributed by atoms with van der Waals surface area (Å²) >= 11 is 1.42. The van der Waals surface area contributed by atoms with Gasteiger partial charge in [-0.2, -0.15) is 0 Å². The monoisotopic (exact) mass is 303 g/mol. The third-order valence-electron chi connectivity index (χ3n) is 2.92. The number of amides is 1. The summed E-state index contributed by atoms with van der Waals surface area (Å²) in [4.78, 5) is 13.8. The van der Waals surface area contributed by atoms with E-state index in [1.165, 1.54) is 29.5 Å². The van der Waals surface area contributed by atoms with Crippen LogP contribution in [0.2, 0.25) is 0 Å². The molecule has 0 fully saturated rings. The Morgan fingerprint density at radius 1 is 1.38 bits per heavy atom. The van der Waals surface area contributed by atoms with Crippen LogP contribution in [-0.4, -0.2) is 17.6 Å². The van der Waals surface area contributed by atoms with Crippen molar-refractivity contribution in [3.63, 3.8) is 0 Å². The van der Waals surface area contributed by atoms with Gasteiger partial charge in [0.2, 0.25) is 0 Å². The zero-order chi connectivity index (χ0) is 15.4. The Hall–Kier alpha value is -2.16. The molecule has 2 rings (SSSR count). The van der Waals surface area contributed by atoms with E-state index in [0.717, 1.165) is 10.4 Å².